The Kier molecular flexibility index (Phi) is 2.85. The predicted octanol–water partition coefficient (Wildman–Crippen LogP) is 2.44. The summed E-state index contributed by atoms with van der Waals surface area (Å²) in [5.41, 5.74) is 0.670. The number of methoxy groups -OCH3 is 1. The third-order valence-electron chi connectivity index (χ3n) is 3.90. The van der Waals surface area contributed by atoms with Gasteiger partial charge in [0.25, 0.3) is 0 Å². The minimum Gasteiger partial charge on any atom is -0.384 e. The standard InChI is InChI=1S/C13H25NO/c1-12(2,3)14-8-13(9-15-4)6-10-5-11(10)7-13/h10-11,14H,5-9H2,1-4H3. The van der Waals surface area contributed by atoms with Gasteiger partial charge in [0.1, 0.15) is 0 Å². The lowest BCUT2D eigenvalue weighted by Crippen LogP contribution is -2.45. The second kappa shape index (κ2) is 3.74. The molecule has 0 aliphatic heterocycles. The van der Waals surface area contributed by atoms with E-state index < -0.39 is 0 Å². The minimum atomic E-state index is 0.230. The molecule has 2 nitrogen and oxygen atoms in total. The molecule has 2 unspecified atom stereocenters. The first kappa shape index (κ1) is 11.4. The van der Waals surface area contributed by atoms with E-state index in [2.05, 4.69) is 26.1 Å². The van der Waals surface area contributed by atoms with Crippen LogP contribution in [0.2, 0.25) is 0 Å². The number of nitrogens with one attached hydrogen (secondary N) is 1. The molecule has 0 bridgehead atoms. The van der Waals surface area contributed by atoms with Crippen LogP contribution >= 0.6 is 0 Å². The van der Waals surface area contributed by atoms with Gasteiger partial charge in [-0.2, -0.15) is 0 Å². The first-order chi connectivity index (χ1) is 6.94. The molecular formula is C13H25NO. The van der Waals surface area contributed by atoms with Gasteiger partial charge in [0.15, 0.2) is 0 Å². The summed E-state index contributed by atoms with van der Waals surface area (Å²) in [5.74, 6) is 2.06. The van der Waals surface area contributed by atoms with E-state index in [0.717, 1.165) is 25.0 Å². The first-order valence-corrected chi connectivity index (χ1v) is 6.18. The molecule has 1 N–H and O–H groups in total. The molecule has 0 aromatic rings. The Morgan fingerprint density at radius 3 is 2.33 bits per heavy atom. The van der Waals surface area contributed by atoms with Crippen LogP contribution in [-0.2, 0) is 4.74 Å². The summed E-state index contributed by atoms with van der Waals surface area (Å²) in [6.45, 7) is 8.77. The summed E-state index contributed by atoms with van der Waals surface area (Å²) in [4.78, 5) is 0. The van der Waals surface area contributed by atoms with Crippen molar-refractivity contribution in [2.45, 2.75) is 45.6 Å². The Balaban J connectivity index is 1.89. The minimum absolute atomic E-state index is 0.230. The molecule has 2 aliphatic rings. The van der Waals surface area contributed by atoms with E-state index >= 15 is 0 Å². The van der Waals surface area contributed by atoms with Gasteiger partial charge >= 0.3 is 0 Å². The van der Waals surface area contributed by atoms with Crippen molar-refractivity contribution >= 4 is 0 Å². The van der Waals surface area contributed by atoms with Crippen LogP contribution in [0.4, 0.5) is 0 Å². The normalized spacial score (nSPS) is 39.2. The molecule has 2 saturated carbocycles. The fourth-order valence-electron chi connectivity index (χ4n) is 3.08. The summed E-state index contributed by atoms with van der Waals surface area (Å²) in [6, 6.07) is 0. The smallest absolute Gasteiger partial charge is 0.0531 e. The lowest BCUT2D eigenvalue weighted by atomic mass is 9.83. The van der Waals surface area contributed by atoms with Gasteiger partial charge in [-0.1, -0.05) is 0 Å². The summed E-state index contributed by atoms with van der Waals surface area (Å²) in [5, 5.41) is 3.65. The van der Waals surface area contributed by atoms with Crippen LogP contribution in [0.3, 0.4) is 0 Å². The SMILES string of the molecule is COCC1(CNC(C)(C)C)CC2CC2C1. The quantitative estimate of drug-likeness (QED) is 0.771. The van der Waals surface area contributed by atoms with Crippen LogP contribution in [0, 0.1) is 17.3 Å². The fraction of sp³-hybridized carbons (Fsp3) is 1.00. The maximum atomic E-state index is 5.42. The molecule has 0 aromatic carbocycles. The highest BCUT2D eigenvalue weighted by molar-refractivity contribution is 5.04. The lowest BCUT2D eigenvalue weighted by molar-refractivity contribution is 0.0683. The molecule has 0 heterocycles. The van der Waals surface area contributed by atoms with Crippen LogP contribution in [0.25, 0.3) is 0 Å². The van der Waals surface area contributed by atoms with Gasteiger partial charge < -0.3 is 10.1 Å². The number of ether oxygens (including phenoxy) is 1. The Hall–Kier alpha value is -0.0800. The molecule has 15 heavy (non-hydrogen) atoms. The highest BCUT2D eigenvalue weighted by Gasteiger charge is 2.53. The second-order valence-corrected chi connectivity index (χ2v) is 6.70. The van der Waals surface area contributed by atoms with Gasteiger partial charge in [0.2, 0.25) is 0 Å². The summed E-state index contributed by atoms with van der Waals surface area (Å²) >= 11 is 0. The zero-order valence-electron chi connectivity index (χ0n) is 10.6. The van der Waals surface area contributed by atoms with E-state index in [-0.39, 0.29) is 5.54 Å². The predicted molar refractivity (Wildman–Crippen MR) is 62.9 cm³/mol. The molecule has 2 rings (SSSR count). The van der Waals surface area contributed by atoms with Crippen LogP contribution in [0.1, 0.15) is 40.0 Å². The van der Waals surface area contributed by atoms with Crippen molar-refractivity contribution in [3.63, 3.8) is 0 Å². The Labute approximate surface area is 93.8 Å². The van der Waals surface area contributed by atoms with Crippen molar-refractivity contribution in [2.24, 2.45) is 17.3 Å². The largest absolute Gasteiger partial charge is 0.384 e. The molecule has 0 saturated heterocycles. The van der Waals surface area contributed by atoms with E-state index in [9.17, 15) is 0 Å². The summed E-state index contributed by atoms with van der Waals surface area (Å²) in [6.07, 6.45) is 4.25. The van der Waals surface area contributed by atoms with Gasteiger partial charge in [0, 0.05) is 24.6 Å². The Bertz CT molecular complexity index is 221. The number of rotatable bonds is 4. The van der Waals surface area contributed by atoms with Crippen molar-refractivity contribution < 1.29 is 4.74 Å². The first-order valence-electron chi connectivity index (χ1n) is 6.18. The number of hydrogen-bond acceptors (Lipinski definition) is 2. The van der Waals surface area contributed by atoms with Crippen LogP contribution < -0.4 is 5.32 Å². The van der Waals surface area contributed by atoms with Crippen molar-refractivity contribution in [1.82, 2.24) is 5.32 Å². The van der Waals surface area contributed by atoms with E-state index in [1.165, 1.54) is 19.3 Å². The Morgan fingerprint density at radius 1 is 1.27 bits per heavy atom. The zero-order valence-corrected chi connectivity index (χ0v) is 10.6. The highest BCUT2D eigenvalue weighted by Crippen LogP contribution is 2.59. The average Bonchev–Trinajstić information content (AvgIpc) is 2.72. The molecule has 2 heteroatoms. The third kappa shape index (κ3) is 2.73. The van der Waals surface area contributed by atoms with Crippen LogP contribution in [0.15, 0.2) is 0 Å². The van der Waals surface area contributed by atoms with Crippen LogP contribution in [0.5, 0.6) is 0 Å². The lowest BCUT2D eigenvalue weighted by Gasteiger charge is -2.34. The van der Waals surface area contributed by atoms with Gasteiger partial charge in [-0.3, -0.25) is 0 Å². The molecule has 2 fully saturated rings. The molecule has 0 spiro atoms. The maximum Gasteiger partial charge on any atom is 0.0531 e. The summed E-state index contributed by atoms with van der Waals surface area (Å²) in [7, 11) is 1.84. The van der Waals surface area contributed by atoms with E-state index in [4.69, 9.17) is 4.74 Å². The van der Waals surface area contributed by atoms with E-state index in [1.54, 1.807) is 0 Å². The molecule has 0 aromatic heterocycles. The average molecular weight is 211 g/mol. The number of fused-ring (bicyclic) bond motifs is 1. The van der Waals surface area contributed by atoms with Gasteiger partial charge in [-0.05, 0) is 51.9 Å². The maximum absolute atomic E-state index is 5.42. The van der Waals surface area contributed by atoms with Crippen molar-refractivity contribution in [2.75, 3.05) is 20.3 Å². The topological polar surface area (TPSA) is 21.3 Å². The number of hydrogen-bond donors (Lipinski definition) is 1. The van der Waals surface area contributed by atoms with Gasteiger partial charge in [0.05, 0.1) is 6.61 Å². The summed E-state index contributed by atoms with van der Waals surface area (Å²) < 4.78 is 5.42. The van der Waals surface area contributed by atoms with Gasteiger partial charge in [-0.15, -0.1) is 0 Å². The molecule has 0 amide bonds. The van der Waals surface area contributed by atoms with Gasteiger partial charge in [-0.25, -0.2) is 0 Å². The molecule has 2 atom stereocenters. The third-order valence-corrected chi connectivity index (χ3v) is 3.90. The molecular weight excluding hydrogens is 186 g/mol. The highest BCUT2D eigenvalue weighted by atomic mass is 16.5. The van der Waals surface area contributed by atoms with E-state index in [0.29, 0.717) is 5.41 Å². The van der Waals surface area contributed by atoms with Crippen molar-refractivity contribution in [3.8, 4) is 0 Å². The molecule has 0 radical (unpaired) electrons. The fourth-order valence-corrected chi connectivity index (χ4v) is 3.08. The monoisotopic (exact) mass is 211 g/mol. The van der Waals surface area contributed by atoms with Crippen molar-refractivity contribution in [1.29, 1.82) is 0 Å². The Morgan fingerprint density at radius 2 is 1.87 bits per heavy atom. The second-order valence-electron chi connectivity index (χ2n) is 6.70. The van der Waals surface area contributed by atoms with Crippen LogP contribution in [-0.4, -0.2) is 25.8 Å². The molecule has 88 valence electrons. The zero-order chi connectivity index (χ0) is 11.1. The molecule has 2 aliphatic carbocycles. The van der Waals surface area contributed by atoms with E-state index in [1.807, 2.05) is 7.11 Å². The van der Waals surface area contributed by atoms with Crippen molar-refractivity contribution in [3.05, 3.63) is 0 Å².